The molecule has 2 atom stereocenters. The Kier molecular flexibility index (Phi) is 4.93. The monoisotopic (exact) mass is 345 g/mol. The minimum atomic E-state index is 0.0351. The van der Waals surface area contributed by atoms with Crippen LogP contribution in [0.15, 0.2) is 22.7 Å². The second-order valence-electron chi connectivity index (χ2n) is 6.14. The highest BCUT2D eigenvalue weighted by molar-refractivity contribution is 9.10. The van der Waals surface area contributed by atoms with E-state index >= 15 is 0 Å². The smallest absolute Gasteiger partial charge is 0.0963 e. The van der Waals surface area contributed by atoms with Crippen LogP contribution >= 0.6 is 27.5 Å². The van der Waals surface area contributed by atoms with Gasteiger partial charge in [-0.1, -0.05) is 54.4 Å². The molecule has 4 heteroatoms. The third-order valence-corrected chi connectivity index (χ3v) is 4.45. The van der Waals surface area contributed by atoms with Crippen molar-refractivity contribution in [1.29, 1.82) is 0 Å². The summed E-state index contributed by atoms with van der Waals surface area (Å²) in [7, 11) is 0. The van der Waals surface area contributed by atoms with Gasteiger partial charge in [-0.2, -0.15) is 0 Å². The highest BCUT2D eigenvalue weighted by Gasteiger charge is 2.28. The Morgan fingerprint density at radius 3 is 2.74 bits per heavy atom. The Bertz CT molecular complexity index is 444. The molecular formula is C15H21BrClNO. The van der Waals surface area contributed by atoms with Gasteiger partial charge in [-0.05, 0) is 24.0 Å². The minimum absolute atomic E-state index is 0.0351. The van der Waals surface area contributed by atoms with Crippen LogP contribution in [0.1, 0.15) is 38.9 Å². The van der Waals surface area contributed by atoms with Gasteiger partial charge in [0.1, 0.15) is 0 Å². The Balaban J connectivity index is 2.11. The fourth-order valence-corrected chi connectivity index (χ4v) is 3.24. The molecule has 1 aromatic carbocycles. The normalized spacial score (nSPS) is 25.1. The fourth-order valence-electron chi connectivity index (χ4n) is 2.44. The van der Waals surface area contributed by atoms with Gasteiger partial charge >= 0.3 is 0 Å². The lowest BCUT2D eigenvalue weighted by molar-refractivity contribution is 0.0654. The lowest BCUT2D eigenvalue weighted by Crippen LogP contribution is -2.40. The van der Waals surface area contributed by atoms with Crippen LogP contribution in [-0.2, 0) is 4.74 Å². The third kappa shape index (κ3) is 3.94. The van der Waals surface area contributed by atoms with E-state index in [0.717, 1.165) is 34.6 Å². The molecule has 1 N–H and O–H groups in total. The summed E-state index contributed by atoms with van der Waals surface area (Å²) < 4.78 is 6.97. The van der Waals surface area contributed by atoms with Gasteiger partial charge in [0.2, 0.25) is 0 Å². The van der Waals surface area contributed by atoms with E-state index in [2.05, 4.69) is 42.0 Å². The average molecular weight is 347 g/mol. The van der Waals surface area contributed by atoms with Crippen molar-refractivity contribution in [3.8, 4) is 0 Å². The van der Waals surface area contributed by atoms with Crippen LogP contribution in [0.2, 0.25) is 5.02 Å². The Labute approximate surface area is 129 Å². The topological polar surface area (TPSA) is 21.3 Å². The van der Waals surface area contributed by atoms with E-state index in [1.54, 1.807) is 0 Å². The zero-order valence-corrected chi connectivity index (χ0v) is 14.0. The second-order valence-corrected chi connectivity index (χ2v) is 7.46. The molecule has 1 fully saturated rings. The molecule has 0 saturated carbocycles. The summed E-state index contributed by atoms with van der Waals surface area (Å²) in [6.07, 6.45) is 1.07. The third-order valence-electron chi connectivity index (χ3n) is 3.63. The van der Waals surface area contributed by atoms with Gasteiger partial charge in [-0.15, -0.1) is 0 Å². The molecule has 1 saturated heterocycles. The summed E-state index contributed by atoms with van der Waals surface area (Å²) in [6, 6.07) is 6.45. The van der Waals surface area contributed by atoms with Crippen LogP contribution in [0.5, 0.6) is 0 Å². The predicted molar refractivity (Wildman–Crippen MR) is 83.7 cm³/mol. The quantitative estimate of drug-likeness (QED) is 0.804. The molecule has 0 spiro atoms. The van der Waals surface area contributed by atoms with E-state index in [0.29, 0.717) is 6.04 Å². The maximum absolute atomic E-state index is 6.30. The molecule has 2 nitrogen and oxygen atoms in total. The van der Waals surface area contributed by atoms with Crippen LogP contribution in [0.4, 0.5) is 0 Å². The Morgan fingerprint density at radius 1 is 1.37 bits per heavy atom. The van der Waals surface area contributed by atoms with Crippen molar-refractivity contribution in [3.05, 3.63) is 33.3 Å². The van der Waals surface area contributed by atoms with Crippen molar-refractivity contribution in [2.75, 3.05) is 13.2 Å². The molecule has 19 heavy (non-hydrogen) atoms. The number of hydrogen-bond acceptors (Lipinski definition) is 2. The van der Waals surface area contributed by atoms with Gasteiger partial charge < -0.3 is 10.1 Å². The van der Waals surface area contributed by atoms with Crippen molar-refractivity contribution >= 4 is 27.5 Å². The summed E-state index contributed by atoms with van der Waals surface area (Å²) in [6.45, 7) is 8.36. The fraction of sp³-hybridized carbons (Fsp3) is 0.600. The zero-order chi connectivity index (χ0) is 14.0. The molecule has 1 aliphatic heterocycles. The number of ether oxygens (including phenoxy) is 1. The first-order valence-corrected chi connectivity index (χ1v) is 7.85. The number of rotatable bonds is 1. The van der Waals surface area contributed by atoms with Gasteiger partial charge in [0.15, 0.2) is 0 Å². The lowest BCUT2D eigenvalue weighted by atomic mass is 9.85. The molecular weight excluding hydrogens is 326 g/mol. The van der Waals surface area contributed by atoms with E-state index in [4.69, 9.17) is 16.3 Å². The van der Waals surface area contributed by atoms with Crippen LogP contribution in [0.25, 0.3) is 0 Å². The highest BCUT2D eigenvalue weighted by atomic mass is 79.9. The molecule has 0 bridgehead atoms. The summed E-state index contributed by atoms with van der Waals surface area (Å²) in [4.78, 5) is 0. The molecule has 0 aliphatic carbocycles. The molecule has 1 aliphatic rings. The van der Waals surface area contributed by atoms with Crippen molar-refractivity contribution in [2.45, 2.75) is 39.3 Å². The van der Waals surface area contributed by atoms with Crippen LogP contribution in [0, 0.1) is 5.41 Å². The highest BCUT2D eigenvalue weighted by Crippen LogP contribution is 2.31. The molecule has 0 amide bonds. The summed E-state index contributed by atoms with van der Waals surface area (Å²) in [5.41, 5.74) is 1.31. The van der Waals surface area contributed by atoms with Crippen LogP contribution < -0.4 is 5.32 Å². The average Bonchev–Trinajstić information content (AvgIpc) is 2.54. The first-order valence-electron chi connectivity index (χ1n) is 6.68. The van der Waals surface area contributed by atoms with Crippen molar-refractivity contribution in [2.24, 2.45) is 5.41 Å². The maximum Gasteiger partial charge on any atom is 0.0963 e. The predicted octanol–water partition coefficient (Wildman–Crippen LogP) is 4.57. The molecule has 0 aromatic heterocycles. The number of hydrogen-bond donors (Lipinski definition) is 1. The second kappa shape index (κ2) is 6.13. The first-order chi connectivity index (χ1) is 8.88. The van der Waals surface area contributed by atoms with E-state index in [-0.39, 0.29) is 11.5 Å². The molecule has 2 rings (SSSR count). The van der Waals surface area contributed by atoms with Crippen molar-refractivity contribution in [3.63, 3.8) is 0 Å². The van der Waals surface area contributed by atoms with E-state index in [1.165, 1.54) is 0 Å². The van der Waals surface area contributed by atoms with Gasteiger partial charge in [0.05, 0.1) is 6.10 Å². The molecule has 1 aromatic rings. The molecule has 0 radical (unpaired) electrons. The van der Waals surface area contributed by atoms with Gasteiger partial charge in [-0.25, -0.2) is 0 Å². The van der Waals surface area contributed by atoms with Gasteiger partial charge in [-0.3, -0.25) is 0 Å². The molecule has 2 unspecified atom stereocenters. The Hall–Kier alpha value is -0.0900. The van der Waals surface area contributed by atoms with E-state index < -0.39 is 0 Å². The van der Waals surface area contributed by atoms with Crippen LogP contribution in [0.3, 0.4) is 0 Å². The van der Waals surface area contributed by atoms with Crippen LogP contribution in [-0.4, -0.2) is 19.2 Å². The SMILES string of the molecule is CC(C)(C)C1CCOC(c2ccc(Br)cc2Cl)CN1. The summed E-state index contributed by atoms with van der Waals surface area (Å²) in [5, 5.41) is 4.38. The van der Waals surface area contributed by atoms with Gasteiger partial charge in [0.25, 0.3) is 0 Å². The zero-order valence-electron chi connectivity index (χ0n) is 11.7. The maximum atomic E-state index is 6.30. The first kappa shape index (κ1) is 15.3. The lowest BCUT2D eigenvalue weighted by Gasteiger charge is -2.30. The number of nitrogens with one attached hydrogen (secondary N) is 1. The summed E-state index contributed by atoms with van der Waals surface area (Å²) >= 11 is 9.74. The van der Waals surface area contributed by atoms with Crippen molar-refractivity contribution in [1.82, 2.24) is 5.32 Å². The van der Waals surface area contributed by atoms with E-state index in [9.17, 15) is 0 Å². The molecule has 1 heterocycles. The Morgan fingerprint density at radius 2 is 2.11 bits per heavy atom. The largest absolute Gasteiger partial charge is 0.372 e. The minimum Gasteiger partial charge on any atom is -0.372 e. The molecule has 106 valence electrons. The van der Waals surface area contributed by atoms with E-state index in [1.807, 2.05) is 18.2 Å². The standard InChI is InChI=1S/C15H21BrClNO/c1-15(2,3)14-6-7-19-13(9-18-14)11-5-4-10(16)8-12(11)17/h4-5,8,13-14,18H,6-7,9H2,1-3H3. The summed E-state index contributed by atoms with van der Waals surface area (Å²) in [5.74, 6) is 0. The number of benzene rings is 1. The van der Waals surface area contributed by atoms with Crippen molar-refractivity contribution < 1.29 is 4.74 Å². The number of halogens is 2. The van der Waals surface area contributed by atoms with Gasteiger partial charge in [0, 0.05) is 34.3 Å².